The molecule has 172 valence electrons. The number of benzene rings is 2. The highest BCUT2D eigenvalue weighted by Crippen LogP contribution is 2.26. The van der Waals surface area contributed by atoms with Gasteiger partial charge >= 0.3 is 5.97 Å². The van der Waals surface area contributed by atoms with Crippen LogP contribution in [0.4, 0.5) is 11.6 Å². The molecular weight excluding hydrogens is 430 g/mol. The number of anilines is 2. The third kappa shape index (κ3) is 4.34. The summed E-state index contributed by atoms with van der Waals surface area (Å²) in [4.78, 5) is 31.0. The summed E-state index contributed by atoms with van der Waals surface area (Å²) in [5.74, 6) is 0.150. The lowest BCUT2D eigenvalue weighted by atomic mass is 10.0. The zero-order valence-electron chi connectivity index (χ0n) is 18.9. The summed E-state index contributed by atoms with van der Waals surface area (Å²) in [5, 5.41) is 7.69. The van der Waals surface area contributed by atoms with E-state index in [4.69, 9.17) is 4.74 Å². The van der Waals surface area contributed by atoms with Crippen molar-refractivity contribution in [2.45, 2.75) is 19.3 Å². The van der Waals surface area contributed by atoms with Gasteiger partial charge in [0.05, 0.1) is 12.7 Å². The van der Waals surface area contributed by atoms with Gasteiger partial charge in [-0.05, 0) is 73.4 Å². The van der Waals surface area contributed by atoms with Crippen LogP contribution in [0.5, 0.6) is 0 Å². The molecule has 0 spiro atoms. The van der Waals surface area contributed by atoms with Gasteiger partial charge in [0.1, 0.15) is 0 Å². The molecule has 2 aromatic carbocycles. The van der Waals surface area contributed by atoms with Gasteiger partial charge in [-0.25, -0.2) is 9.31 Å². The van der Waals surface area contributed by atoms with Crippen LogP contribution in [0.25, 0.3) is 16.8 Å². The largest absolute Gasteiger partial charge is 0.465 e. The smallest absolute Gasteiger partial charge is 0.337 e. The number of hydrogen-bond acceptors (Lipinski definition) is 6. The molecule has 0 saturated carbocycles. The van der Waals surface area contributed by atoms with Gasteiger partial charge in [0.15, 0.2) is 5.65 Å². The number of carbonyl (C=O) groups is 2. The molecule has 1 saturated heterocycles. The number of likely N-dealkylation sites (tertiary alicyclic amines) is 1. The fourth-order valence-corrected chi connectivity index (χ4v) is 4.19. The number of rotatable bonds is 5. The van der Waals surface area contributed by atoms with Crippen molar-refractivity contribution in [3.63, 3.8) is 0 Å². The number of aromatic nitrogens is 3. The van der Waals surface area contributed by atoms with E-state index in [0.717, 1.165) is 42.7 Å². The molecule has 8 nitrogen and oxygen atoms in total. The number of amides is 1. The Morgan fingerprint density at radius 3 is 2.32 bits per heavy atom. The van der Waals surface area contributed by atoms with Gasteiger partial charge in [-0.2, -0.15) is 4.98 Å². The van der Waals surface area contributed by atoms with Gasteiger partial charge in [-0.1, -0.05) is 12.1 Å². The molecule has 0 unspecified atom stereocenters. The minimum absolute atomic E-state index is 0.0941. The summed E-state index contributed by atoms with van der Waals surface area (Å²) in [6, 6.07) is 18.5. The van der Waals surface area contributed by atoms with Crippen LogP contribution >= 0.6 is 0 Å². The summed E-state index contributed by atoms with van der Waals surface area (Å²) in [7, 11) is 1.35. The Morgan fingerprint density at radius 1 is 0.912 bits per heavy atom. The standard InChI is InChI=1S/C26H25N5O3/c1-34-25(33)20-11-13-21(14-12-20)27-26-28-23-22(6-5-17-31(23)29-26)18-7-9-19(10-8-18)24(32)30-15-3-2-4-16-30/h5-14,17H,2-4,15-16H2,1H3,(H,27,29). The lowest BCUT2D eigenvalue weighted by molar-refractivity contribution is 0.0600. The number of pyridine rings is 1. The van der Waals surface area contributed by atoms with E-state index in [-0.39, 0.29) is 11.9 Å². The number of esters is 1. The quantitative estimate of drug-likeness (QED) is 0.444. The number of piperidine rings is 1. The Labute approximate surface area is 197 Å². The van der Waals surface area contributed by atoms with E-state index < -0.39 is 0 Å². The number of fused-ring (bicyclic) bond motifs is 1. The van der Waals surface area contributed by atoms with Gasteiger partial charge in [-0.3, -0.25) is 4.79 Å². The van der Waals surface area contributed by atoms with Crippen molar-refractivity contribution in [1.82, 2.24) is 19.5 Å². The monoisotopic (exact) mass is 455 g/mol. The third-order valence-electron chi connectivity index (χ3n) is 6.01. The van der Waals surface area contributed by atoms with E-state index >= 15 is 0 Å². The van der Waals surface area contributed by atoms with E-state index in [1.165, 1.54) is 13.5 Å². The average Bonchev–Trinajstić information content (AvgIpc) is 3.31. The molecule has 0 atom stereocenters. The highest BCUT2D eigenvalue weighted by Gasteiger charge is 2.18. The number of nitrogens with one attached hydrogen (secondary N) is 1. The highest BCUT2D eigenvalue weighted by molar-refractivity contribution is 5.95. The van der Waals surface area contributed by atoms with Gasteiger partial charge < -0.3 is 15.0 Å². The molecule has 0 bridgehead atoms. The van der Waals surface area contributed by atoms with Gasteiger partial charge in [0.2, 0.25) is 5.95 Å². The second kappa shape index (κ2) is 9.35. The number of ether oxygens (including phenoxy) is 1. The van der Waals surface area contributed by atoms with E-state index in [1.54, 1.807) is 28.8 Å². The zero-order chi connectivity index (χ0) is 23.5. The predicted octanol–water partition coefficient (Wildman–Crippen LogP) is 4.55. The first kappa shape index (κ1) is 21.6. The summed E-state index contributed by atoms with van der Waals surface area (Å²) in [6.45, 7) is 1.67. The topological polar surface area (TPSA) is 88.8 Å². The molecule has 5 rings (SSSR count). The van der Waals surface area contributed by atoms with Crippen molar-refractivity contribution in [3.05, 3.63) is 78.0 Å². The fraction of sp³-hybridized carbons (Fsp3) is 0.231. The lowest BCUT2D eigenvalue weighted by Gasteiger charge is -2.26. The minimum atomic E-state index is -0.384. The molecule has 1 aliphatic rings. The summed E-state index contributed by atoms with van der Waals surface area (Å²) >= 11 is 0. The molecule has 2 aromatic heterocycles. The Kier molecular flexibility index (Phi) is 5.95. The normalized spacial score (nSPS) is 13.6. The van der Waals surface area contributed by atoms with Gasteiger partial charge in [-0.15, -0.1) is 5.10 Å². The van der Waals surface area contributed by atoms with Crippen LogP contribution in [0, 0.1) is 0 Å². The second-order valence-electron chi connectivity index (χ2n) is 8.25. The first-order chi connectivity index (χ1) is 16.6. The summed E-state index contributed by atoms with van der Waals surface area (Å²) < 4.78 is 6.45. The van der Waals surface area contributed by atoms with Crippen molar-refractivity contribution in [2.24, 2.45) is 0 Å². The van der Waals surface area contributed by atoms with Crippen molar-refractivity contribution >= 4 is 29.2 Å². The Morgan fingerprint density at radius 2 is 1.62 bits per heavy atom. The van der Waals surface area contributed by atoms with Gasteiger partial charge in [0, 0.05) is 36.1 Å². The second-order valence-corrected chi connectivity index (χ2v) is 8.25. The van der Waals surface area contributed by atoms with E-state index in [1.807, 2.05) is 47.5 Å². The van der Waals surface area contributed by atoms with E-state index in [2.05, 4.69) is 15.4 Å². The molecule has 4 aromatic rings. The molecule has 1 aliphatic heterocycles. The Bertz CT molecular complexity index is 1320. The van der Waals surface area contributed by atoms with Crippen molar-refractivity contribution in [1.29, 1.82) is 0 Å². The van der Waals surface area contributed by atoms with Crippen LogP contribution in [-0.2, 0) is 4.74 Å². The number of hydrogen-bond donors (Lipinski definition) is 1. The molecule has 1 fully saturated rings. The van der Waals surface area contributed by atoms with Gasteiger partial charge in [0.25, 0.3) is 5.91 Å². The van der Waals surface area contributed by atoms with Crippen LogP contribution in [0.15, 0.2) is 66.9 Å². The number of nitrogens with zero attached hydrogens (tertiary/aromatic N) is 4. The maximum absolute atomic E-state index is 12.8. The molecule has 1 N–H and O–H groups in total. The molecule has 1 amide bonds. The SMILES string of the molecule is COC(=O)c1ccc(Nc2nc3c(-c4ccc(C(=O)N5CCCCC5)cc4)cccn3n2)cc1. The van der Waals surface area contributed by atoms with Crippen LogP contribution in [0.1, 0.15) is 40.0 Å². The summed E-state index contributed by atoms with van der Waals surface area (Å²) in [5.41, 5.74) is 4.51. The highest BCUT2D eigenvalue weighted by atomic mass is 16.5. The van der Waals surface area contributed by atoms with E-state index in [9.17, 15) is 9.59 Å². The van der Waals surface area contributed by atoms with Crippen molar-refractivity contribution < 1.29 is 14.3 Å². The van der Waals surface area contributed by atoms with E-state index in [0.29, 0.717) is 22.7 Å². The number of methoxy groups -OCH3 is 1. The first-order valence-corrected chi connectivity index (χ1v) is 11.3. The Balaban J connectivity index is 1.37. The lowest BCUT2D eigenvalue weighted by Crippen LogP contribution is -2.35. The first-order valence-electron chi connectivity index (χ1n) is 11.3. The molecule has 3 heterocycles. The van der Waals surface area contributed by atoms with Crippen LogP contribution in [0.2, 0.25) is 0 Å². The third-order valence-corrected chi connectivity index (χ3v) is 6.01. The minimum Gasteiger partial charge on any atom is -0.465 e. The predicted molar refractivity (Wildman–Crippen MR) is 129 cm³/mol. The molecule has 0 aliphatic carbocycles. The maximum atomic E-state index is 12.8. The number of carbonyl (C=O) groups excluding carboxylic acids is 2. The van der Waals surface area contributed by atoms with Crippen LogP contribution in [-0.4, -0.2) is 51.6 Å². The molecule has 8 heteroatoms. The van der Waals surface area contributed by atoms with Crippen LogP contribution < -0.4 is 5.32 Å². The molecule has 34 heavy (non-hydrogen) atoms. The Hall–Kier alpha value is -4.20. The average molecular weight is 456 g/mol. The van der Waals surface area contributed by atoms with Crippen molar-refractivity contribution in [2.75, 3.05) is 25.5 Å². The van der Waals surface area contributed by atoms with Crippen molar-refractivity contribution in [3.8, 4) is 11.1 Å². The summed E-state index contributed by atoms with van der Waals surface area (Å²) in [6.07, 6.45) is 5.18. The fourth-order valence-electron chi connectivity index (χ4n) is 4.19. The zero-order valence-corrected chi connectivity index (χ0v) is 18.9. The van der Waals surface area contributed by atoms with Crippen LogP contribution in [0.3, 0.4) is 0 Å². The maximum Gasteiger partial charge on any atom is 0.337 e. The molecule has 0 radical (unpaired) electrons. The molecular formula is C26H25N5O3.